The number of benzene rings is 3. The third kappa shape index (κ3) is 6.41. The highest BCUT2D eigenvalue weighted by Crippen LogP contribution is 2.43. The second kappa shape index (κ2) is 10.0. The summed E-state index contributed by atoms with van der Waals surface area (Å²) in [6, 6.07) is 21.8. The van der Waals surface area contributed by atoms with E-state index in [9.17, 15) is 9.90 Å². The summed E-state index contributed by atoms with van der Waals surface area (Å²) in [5.74, 6) is -0.497. The molecule has 0 heterocycles. The van der Waals surface area contributed by atoms with Gasteiger partial charge in [-0.25, -0.2) is 4.79 Å². The van der Waals surface area contributed by atoms with Crippen LogP contribution in [-0.4, -0.2) is 41.0 Å². The molecule has 33 heavy (non-hydrogen) atoms. The van der Waals surface area contributed by atoms with Gasteiger partial charge in [0.1, 0.15) is 0 Å². The average molecular weight is 448 g/mol. The van der Waals surface area contributed by atoms with Crippen molar-refractivity contribution < 1.29 is 19.7 Å². The van der Waals surface area contributed by atoms with Gasteiger partial charge in [0, 0.05) is 12.1 Å². The van der Waals surface area contributed by atoms with Crippen molar-refractivity contribution >= 4 is 16.7 Å². The molecule has 1 aliphatic rings. The molecule has 0 amide bonds. The summed E-state index contributed by atoms with van der Waals surface area (Å²) in [7, 11) is 0. The number of aliphatic hydroxyl groups is 1. The van der Waals surface area contributed by atoms with Gasteiger partial charge in [0.15, 0.2) is 0 Å². The fourth-order valence-corrected chi connectivity index (χ4v) is 4.31. The SMILES string of the molecule is CC(C)(Cc1ccc2ccccc2c1)NC[C@@H](O)COC(c1ccc(C(=O)O)cc1)C1CC1. The summed E-state index contributed by atoms with van der Waals surface area (Å²) < 4.78 is 6.11. The molecule has 0 aromatic heterocycles. The number of aliphatic hydroxyl groups excluding tert-OH is 1. The van der Waals surface area contributed by atoms with Gasteiger partial charge >= 0.3 is 5.97 Å². The third-order valence-electron chi connectivity index (χ3n) is 6.28. The first-order valence-electron chi connectivity index (χ1n) is 11.7. The summed E-state index contributed by atoms with van der Waals surface area (Å²) in [5.41, 5.74) is 2.33. The van der Waals surface area contributed by atoms with Crippen molar-refractivity contribution in [1.82, 2.24) is 5.32 Å². The van der Waals surface area contributed by atoms with E-state index in [0.29, 0.717) is 12.5 Å². The van der Waals surface area contributed by atoms with Crippen molar-refractivity contribution in [2.24, 2.45) is 5.92 Å². The molecule has 4 rings (SSSR count). The van der Waals surface area contributed by atoms with Gasteiger partial charge in [-0.3, -0.25) is 0 Å². The molecule has 5 nitrogen and oxygen atoms in total. The van der Waals surface area contributed by atoms with E-state index in [1.165, 1.54) is 16.3 Å². The summed E-state index contributed by atoms with van der Waals surface area (Å²) in [6.45, 7) is 4.97. The molecule has 5 heteroatoms. The van der Waals surface area contributed by atoms with E-state index >= 15 is 0 Å². The van der Waals surface area contributed by atoms with Gasteiger partial charge in [-0.15, -0.1) is 0 Å². The summed E-state index contributed by atoms with van der Waals surface area (Å²) in [6.07, 6.45) is 2.32. The molecule has 1 unspecified atom stereocenters. The zero-order valence-corrected chi connectivity index (χ0v) is 19.3. The first kappa shape index (κ1) is 23.4. The van der Waals surface area contributed by atoms with Gasteiger partial charge < -0.3 is 20.3 Å². The number of hydrogen-bond donors (Lipinski definition) is 3. The number of fused-ring (bicyclic) bond motifs is 1. The molecule has 0 radical (unpaired) electrons. The molecule has 3 aromatic carbocycles. The second-order valence-electron chi connectivity index (χ2n) is 9.80. The number of carboxylic acid groups (broad SMARTS) is 1. The van der Waals surface area contributed by atoms with Crippen LogP contribution in [0, 0.1) is 5.92 Å². The van der Waals surface area contributed by atoms with Crippen molar-refractivity contribution in [2.75, 3.05) is 13.2 Å². The molecule has 174 valence electrons. The molecule has 0 aliphatic heterocycles. The molecule has 3 N–H and O–H groups in total. The Morgan fingerprint density at radius 2 is 1.76 bits per heavy atom. The number of ether oxygens (including phenoxy) is 1. The highest BCUT2D eigenvalue weighted by molar-refractivity contribution is 5.87. The van der Waals surface area contributed by atoms with Crippen molar-refractivity contribution in [2.45, 2.75) is 50.9 Å². The third-order valence-corrected chi connectivity index (χ3v) is 6.28. The average Bonchev–Trinajstić information content (AvgIpc) is 3.63. The molecule has 1 saturated carbocycles. The molecule has 0 bridgehead atoms. The number of aromatic carboxylic acids is 1. The monoisotopic (exact) mass is 447 g/mol. The topological polar surface area (TPSA) is 78.8 Å². The molecular formula is C28H33NO4. The van der Waals surface area contributed by atoms with E-state index in [1.807, 2.05) is 12.1 Å². The molecular weight excluding hydrogens is 414 g/mol. The lowest BCUT2D eigenvalue weighted by Crippen LogP contribution is -2.46. The lowest BCUT2D eigenvalue weighted by Gasteiger charge is -2.29. The van der Waals surface area contributed by atoms with Crippen molar-refractivity contribution in [3.05, 3.63) is 83.4 Å². The van der Waals surface area contributed by atoms with E-state index < -0.39 is 12.1 Å². The van der Waals surface area contributed by atoms with E-state index in [1.54, 1.807) is 12.1 Å². The number of carbonyl (C=O) groups is 1. The van der Waals surface area contributed by atoms with Crippen LogP contribution < -0.4 is 5.32 Å². The van der Waals surface area contributed by atoms with Crippen LogP contribution in [-0.2, 0) is 11.2 Å². The lowest BCUT2D eigenvalue weighted by atomic mass is 9.93. The smallest absolute Gasteiger partial charge is 0.335 e. The molecule has 2 atom stereocenters. The molecule has 1 fully saturated rings. The van der Waals surface area contributed by atoms with Crippen LogP contribution in [0.3, 0.4) is 0 Å². The van der Waals surface area contributed by atoms with E-state index in [4.69, 9.17) is 9.84 Å². The lowest BCUT2D eigenvalue weighted by molar-refractivity contribution is -0.0211. The molecule has 3 aromatic rings. The first-order chi connectivity index (χ1) is 15.8. The Kier molecular flexibility index (Phi) is 7.13. The standard InChI is InChI=1S/C28H33NO4/c1-28(2,16-19-7-8-20-5-3-4-6-24(20)15-19)29-17-25(30)18-33-26(21-9-10-21)22-11-13-23(14-12-22)27(31)32/h3-8,11-15,21,25-26,29-30H,9-10,16-18H2,1-2H3,(H,31,32)/t25-,26?/m1/s1. The predicted molar refractivity (Wildman–Crippen MR) is 131 cm³/mol. The van der Waals surface area contributed by atoms with Crippen molar-refractivity contribution in [3.8, 4) is 0 Å². The first-order valence-corrected chi connectivity index (χ1v) is 11.7. The number of nitrogens with one attached hydrogen (secondary N) is 1. The second-order valence-corrected chi connectivity index (χ2v) is 9.80. The largest absolute Gasteiger partial charge is 0.478 e. The van der Waals surface area contributed by atoms with Crippen LogP contribution in [0.4, 0.5) is 0 Å². The number of carboxylic acids is 1. The van der Waals surface area contributed by atoms with Gasteiger partial charge in [0.05, 0.1) is 24.4 Å². The Balaban J connectivity index is 1.29. The van der Waals surface area contributed by atoms with Gasteiger partial charge in [0.25, 0.3) is 0 Å². The van der Waals surface area contributed by atoms with Crippen LogP contribution in [0.25, 0.3) is 10.8 Å². The molecule has 1 aliphatic carbocycles. The zero-order chi connectivity index (χ0) is 23.4. The van der Waals surface area contributed by atoms with Gasteiger partial charge in [-0.2, -0.15) is 0 Å². The summed E-state index contributed by atoms with van der Waals surface area (Å²) in [5, 5.41) is 25.6. The highest BCUT2D eigenvalue weighted by atomic mass is 16.5. The normalized spacial score (nSPS) is 16.0. The minimum Gasteiger partial charge on any atom is -0.478 e. The quantitative estimate of drug-likeness (QED) is 0.386. The van der Waals surface area contributed by atoms with Gasteiger partial charge in [0.2, 0.25) is 0 Å². The van der Waals surface area contributed by atoms with Crippen LogP contribution in [0.5, 0.6) is 0 Å². The summed E-state index contributed by atoms with van der Waals surface area (Å²) in [4.78, 5) is 11.1. The Bertz CT molecular complexity index is 1090. The maximum Gasteiger partial charge on any atom is 0.335 e. The van der Waals surface area contributed by atoms with Crippen LogP contribution in [0.2, 0.25) is 0 Å². The maximum absolute atomic E-state index is 11.1. The van der Waals surface area contributed by atoms with E-state index in [0.717, 1.165) is 24.8 Å². The Labute approximate surface area is 195 Å². The fourth-order valence-electron chi connectivity index (χ4n) is 4.31. The minimum absolute atomic E-state index is 0.104. The number of β-amino-alcohol motifs (C(OH)–C–C–N with tert-alkyl or cyclic N) is 1. The van der Waals surface area contributed by atoms with Crippen molar-refractivity contribution in [1.29, 1.82) is 0 Å². The van der Waals surface area contributed by atoms with Crippen LogP contribution in [0.15, 0.2) is 66.7 Å². The Morgan fingerprint density at radius 3 is 2.42 bits per heavy atom. The van der Waals surface area contributed by atoms with Crippen molar-refractivity contribution in [3.63, 3.8) is 0 Å². The van der Waals surface area contributed by atoms with Gasteiger partial charge in [-0.1, -0.05) is 54.6 Å². The van der Waals surface area contributed by atoms with Crippen LogP contribution >= 0.6 is 0 Å². The van der Waals surface area contributed by atoms with Crippen LogP contribution in [0.1, 0.15) is 54.3 Å². The number of hydrogen-bond acceptors (Lipinski definition) is 4. The Morgan fingerprint density at radius 1 is 1.06 bits per heavy atom. The maximum atomic E-state index is 11.1. The number of rotatable bonds is 11. The molecule has 0 spiro atoms. The predicted octanol–water partition coefficient (Wildman–Crippen LogP) is 4.98. The zero-order valence-electron chi connectivity index (χ0n) is 19.3. The fraction of sp³-hybridized carbons (Fsp3) is 0.393. The molecule has 0 saturated heterocycles. The summed E-state index contributed by atoms with van der Waals surface area (Å²) >= 11 is 0. The minimum atomic E-state index is -0.932. The van der Waals surface area contributed by atoms with Gasteiger partial charge in [-0.05, 0) is 73.1 Å². The van der Waals surface area contributed by atoms with E-state index in [-0.39, 0.29) is 23.8 Å². The van der Waals surface area contributed by atoms with E-state index in [2.05, 4.69) is 61.6 Å². The highest BCUT2D eigenvalue weighted by Gasteiger charge is 2.33. The Hall–Kier alpha value is -2.73.